The number of carboxylic acids is 1. The minimum atomic E-state index is -0.983. The Labute approximate surface area is 81.6 Å². The highest BCUT2D eigenvalue weighted by atomic mass is 35.5. The quantitative estimate of drug-likeness (QED) is 0.641. The predicted molar refractivity (Wildman–Crippen MR) is 47.5 cm³/mol. The van der Waals surface area contributed by atoms with Crippen molar-refractivity contribution in [1.82, 2.24) is 4.90 Å². The zero-order chi connectivity index (χ0) is 8.88. The Morgan fingerprint density at radius 2 is 2.15 bits per heavy atom. The van der Waals surface area contributed by atoms with Gasteiger partial charge in [0.15, 0.2) is 0 Å². The van der Waals surface area contributed by atoms with Gasteiger partial charge in [-0.25, -0.2) is 4.79 Å². The number of amides is 1. The molecule has 13 heavy (non-hydrogen) atoms. The maximum absolute atomic E-state index is 11.0. The van der Waals surface area contributed by atoms with Gasteiger partial charge in [-0.2, -0.15) is 0 Å². The Hall–Kier alpha value is -1.03. The summed E-state index contributed by atoms with van der Waals surface area (Å²) in [7, 11) is 0. The summed E-state index contributed by atoms with van der Waals surface area (Å²) in [6.07, 6.45) is 1.24. The van der Waals surface area contributed by atoms with Crippen molar-refractivity contribution in [3.63, 3.8) is 0 Å². The molecule has 5 heteroatoms. The van der Waals surface area contributed by atoms with Crippen molar-refractivity contribution < 1.29 is 14.7 Å². The van der Waals surface area contributed by atoms with E-state index in [0.29, 0.717) is 6.42 Å². The van der Waals surface area contributed by atoms with Crippen molar-refractivity contribution in [2.45, 2.75) is 25.8 Å². The van der Waals surface area contributed by atoms with Crippen LogP contribution < -0.4 is 0 Å². The molecule has 72 valence electrons. The van der Waals surface area contributed by atoms with Gasteiger partial charge in [0.25, 0.3) is 0 Å². The molecule has 0 aromatic rings. The Bertz CT molecular complexity index is 311. The van der Waals surface area contributed by atoms with Crippen molar-refractivity contribution >= 4 is 24.3 Å². The Morgan fingerprint density at radius 3 is 2.54 bits per heavy atom. The summed E-state index contributed by atoms with van der Waals surface area (Å²) in [5, 5.41) is 8.77. The predicted octanol–water partition coefficient (Wildman–Crippen LogP) is 0.771. The molecule has 2 heterocycles. The highest BCUT2D eigenvalue weighted by Gasteiger charge is 2.46. The molecule has 0 spiro atoms. The Kier molecular flexibility index (Phi) is 2.34. The summed E-state index contributed by atoms with van der Waals surface area (Å²) in [6.45, 7) is 1.77. The van der Waals surface area contributed by atoms with Crippen LogP contribution in [0.5, 0.6) is 0 Å². The largest absolute Gasteiger partial charge is 0.477 e. The maximum Gasteiger partial charge on any atom is 0.352 e. The van der Waals surface area contributed by atoms with Crippen LogP contribution in [0.15, 0.2) is 11.3 Å². The molecule has 0 aromatic carbocycles. The SMILES string of the molecule is CC1=C(C(=O)O)N2C(=O)CC2C1.Cl. The van der Waals surface area contributed by atoms with E-state index in [2.05, 4.69) is 0 Å². The number of aliphatic carboxylic acids is 1. The molecule has 0 aromatic heterocycles. The number of hydrogen-bond donors (Lipinski definition) is 1. The normalized spacial score (nSPS) is 25.2. The third-order valence-corrected chi connectivity index (χ3v) is 2.43. The number of carbonyl (C=O) groups is 2. The second-order valence-electron chi connectivity index (χ2n) is 3.26. The summed E-state index contributed by atoms with van der Waals surface area (Å²) in [5.41, 5.74) is 1.02. The number of halogens is 1. The Morgan fingerprint density at radius 1 is 1.54 bits per heavy atom. The summed E-state index contributed by atoms with van der Waals surface area (Å²) in [6, 6.07) is 0.142. The monoisotopic (exact) mass is 203 g/mol. The van der Waals surface area contributed by atoms with Gasteiger partial charge in [-0.15, -0.1) is 12.4 Å². The second kappa shape index (κ2) is 3.03. The minimum Gasteiger partial charge on any atom is -0.477 e. The van der Waals surface area contributed by atoms with E-state index < -0.39 is 5.97 Å². The third-order valence-electron chi connectivity index (χ3n) is 2.43. The lowest BCUT2D eigenvalue weighted by molar-refractivity contribution is -0.147. The van der Waals surface area contributed by atoms with Crippen molar-refractivity contribution in [1.29, 1.82) is 0 Å². The molecule has 1 atom stereocenters. The van der Waals surface area contributed by atoms with Gasteiger partial charge in [-0.05, 0) is 18.9 Å². The molecule has 2 rings (SSSR count). The highest BCUT2D eigenvalue weighted by molar-refractivity contribution is 5.98. The van der Waals surface area contributed by atoms with E-state index in [1.165, 1.54) is 4.90 Å². The first-order chi connectivity index (χ1) is 5.61. The summed E-state index contributed by atoms with van der Waals surface area (Å²) in [4.78, 5) is 23.1. The average molecular weight is 204 g/mol. The molecule has 0 bridgehead atoms. The van der Waals surface area contributed by atoms with Crippen LogP contribution in [0.3, 0.4) is 0 Å². The molecule has 0 aliphatic carbocycles. The molecule has 4 nitrogen and oxygen atoms in total. The van der Waals surface area contributed by atoms with E-state index in [1.54, 1.807) is 6.92 Å². The summed E-state index contributed by atoms with van der Waals surface area (Å²) >= 11 is 0. The summed E-state index contributed by atoms with van der Waals surface area (Å²) in [5.74, 6) is -1.04. The first kappa shape index (κ1) is 10.1. The number of carbonyl (C=O) groups excluding carboxylic acids is 1. The number of hydrogen-bond acceptors (Lipinski definition) is 2. The van der Waals surface area contributed by atoms with Gasteiger partial charge in [-0.3, -0.25) is 4.79 Å². The molecule has 0 saturated carbocycles. The molecule has 1 amide bonds. The first-order valence-corrected chi connectivity index (χ1v) is 3.86. The van der Waals surface area contributed by atoms with Gasteiger partial charge < -0.3 is 10.0 Å². The topological polar surface area (TPSA) is 57.6 Å². The van der Waals surface area contributed by atoms with Crippen LogP contribution in [0, 0.1) is 0 Å². The molecular weight excluding hydrogens is 194 g/mol. The van der Waals surface area contributed by atoms with Crippen LogP contribution in [-0.4, -0.2) is 27.9 Å². The molecule has 2 aliphatic rings. The molecule has 1 saturated heterocycles. The fourth-order valence-corrected chi connectivity index (χ4v) is 1.89. The van der Waals surface area contributed by atoms with E-state index in [0.717, 1.165) is 12.0 Å². The first-order valence-electron chi connectivity index (χ1n) is 3.86. The van der Waals surface area contributed by atoms with E-state index in [4.69, 9.17) is 5.11 Å². The van der Waals surface area contributed by atoms with Gasteiger partial charge in [0, 0.05) is 12.5 Å². The Balaban J connectivity index is 0.000000845. The zero-order valence-corrected chi connectivity index (χ0v) is 7.93. The van der Waals surface area contributed by atoms with Crippen LogP contribution in [-0.2, 0) is 9.59 Å². The number of rotatable bonds is 1. The zero-order valence-electron chi connectivity index (χ0n) is 7.11. The molecular formula is C8H10ClNO3. The minimum absolute atomic E-state index is 0. The maximum atomic E-state index is 11.0. The summed E-state index contributed by atoms with van der Waals surface area (Å²) < 4.78 is 0. The molecule has 0 radical (unpaired) electrons. The van der Waals surface area contributed by atoms with Crippen LogP contribution in [0.25, 0.3) is 0 Å². The second-order valence-corrected chi connectivity index (χ2v) is 3.26. The van der Waals surface area contributed by atoms with E-state index >= 15 is 0 Å². The van der Waals surface area contributed by atoms with Crippen molar-refractivity contribution in [2.75, 3.05) is 0 Å². The number of nitrogens with zero attached hydrogens (tertiary/aromatic N) is 1. The molecule has 2 aliphatic heterocycles. The van der Waals surface area contributed by atoms with Gasteiger partial charge in [0.2, 0.25) is 5.91 Å². The van der Waals surface area contributed by atoms with Crippen molar-refractivity contribution in [2.24, 2.45) is 0 Å². The van der Waals surface area contributed by atoms with Crippen LogP contribution in [0.2, 0.25) is 0 Å². The lowest BCUT2D eigenvalue weighted by Gasteiger charge is -2.35. The highest BCUT2D eigenvalue weighted by Crippen LogP contribution is 2.37. The van der Waals surface area contributed by atoms with E-state index in [9.17, 15) is 9.59 Å². The van der Waals surface area contributed by atoms with Gasteiger partial charge in [0.1, 0.15) is 5.70 Å². The number of carboxylic acid groups (broad SMARTS) is 1. The fourth-order valence-electron chi connectivity index (χ4n) is 1.89. The standard InChI is InChI=1S/C8H9NO3.ClH/c1-4-2-5-3-6(10)9(5)7(4)8(11)12;/h5H,2-3H2,1H3,(H,11,12);1H. The van der Waals surface area contributed by atoms with E-state index in [1.807, 2.05) is 0 Å². The van der Waals surface area contributed by atoms with Gasteiger partial charge in [-0.1, -0.05) is 0 Å². The van der Waals surface area contributed by atoms with E-state index in [-0.39, 0.29) is 30.1 Å². The van der Waals surface area contributed by atoms with Crippen molar-refractivity contribution in [3.05, 3.63) is 11.3 Å². The van der Waals surface area contributed by atoms with Gasteiger partial charge >= 0.3 is 5.97 Å². The average Bonchev–Trinajstić information content (AvgIpc) is 2.22. The third kappa shape index (κ3) is 1.21. The molecule has 1 fully saturated rings. The van der Waals surface area contributed by atoms with Crippen molar-refractivity contribution in [3.8, 4) is 0 Å². The lowest BCUT2D eigenvalue weighted by Crippen LogP contribution is -2.49. The van der Waals surface area contributed by atoms with Crippen LogP contribution in [0.1, 0.15) is 19.8 Å². The fraction of sp³-hybridized carbons (Fsp3) is 0.500. The smallest absolute Gasteiger partial charge is 0.352 e. The van der Waals surface area contributed by atoms with Crippen LogP contribution in [0.4, 0.5) is 0 Å². The van der Waals surface area contributed by atoms with Gasteiger partial charge in [0.05, 0.1) is 0 Å². The molecule has 1 N–H and O–H groups in total. The lowest BCUT2D eigenvalue weighted by atomic mass is 10.0. The van der Waals surface area contributed by atoms with Crippen LogP contribution >= 0.6 is 12.4 Å². The number of fused-ring (bicyclic) bond motifs is 1. The molecule has 1 unspecified atom stereocenters. The number of β-lactam (4-membered cyclic amide) rings is 1.